The van der Waals surface area contributed by atoms with Crippen molar-refractivity contribution in [2.75, 3.05) is 20.1 Å². The second-order valence-electron chi connectivity index (χ2n) is 15.2. The molecule has 17 nitrogen and oxygen atoms in total. The zero-order valence-electron chi connectivity index (χ0n) is 33.6. The van der Waals surface area contributed by atoms with Crippen LogP contribution in [0.5, 0.6) is 5.75 Å². The largest absolute Gasteiger partial charge is 0.505 e. The molecule has 0 bridgehead atoms. The Morgan fingerprint density at radius 1 is 0.850 bits per heavy atom. The average Bonchev–Trinajstić information content (AvgIpc) is 3.75. The van der Waals surface area contributed by atoms with Crippen LogP contribution in [0.3, 0.4) is 0 Å². The highest BCUT2D eigenvalue weighted by Crippen LogP contribution is 2.26. The van der Waals surface area contributed by atoms with Gasteiger partial charge in [-0.2, -0.15) is 0 Å². The smallest absolute Gasteiger partial charge is 0.333 e. The Hall–Kier alpha value is -6.65. The second kappa shape index (κ2) is 18.9. The maximum absolute atomic E-state index is 14.8. The predicted molar refractivity (Wildman–Crippen MR) is 213 cm³/mol. The van der Waals surface area contributed by atoms with Crippen LogP contribution in [0.15, 0.2) is 79.0 Å². The number of rotatable bonds is 6. The molecule has 3 aliphatic rings. The molecule has 3 aliphatic heterocycles. The Labute approximate surface area is 346 Å². The number of nitrogens with zero attached hydrogens (tertiary/aromatic N) is 4. The summed E-state index contributed by atoms with van der Waals surface area (Å²) >= 11 is 0. The van der Waals surface area contributed by atoms with Crippen molar-refractivity contribution in [3.63, 3.8) is 0 Å². The van der Waals surface area contributed by atoms with Crippen molar-refractivity contribution in [1.82, 2.24) is 35.6 Å². The number of benzene rings is 2. The summed E-state index contributed by atoms with van der Waals surface area (Å²) in [5, 5.41) is 18.2. The number of pyridine rings is 1. The van der Waals surface area contributed by atoms with Crippen LogP contribution in [0.2, 0.25) is 0 Å². The van der Waals surface area contributed by atoms with E-state index in [2.05, 4.69) is 20.9 Å². The van der Waals surface area contributed by atoms with Crippen molar-refractivity contribution >= 4 is 47.2 Å². The van der Waals surface area contributed by atoms with Gasteiger partial charge in [-0.1, -0.05) is 67.6 Å². The minimum absolute atomic E-state index is 0.0410. The van der Waals surface area contributed by atoms with Crippen LogP contribution in [-0.2, 0) is 44.7 Å². The molecule has 0 radical (unpaired) electrons. The Kier molecular flexibility index (Phi) is 13.6. The summed E-state index contributed by atoms with van der Waals surface area (Å²) in [4.78, 5) is 121. The van der Waals surface area contributed by atoms with Gasteiger partial charge in [-0.15, -0.1) is 0 Å². The summed E-state index contributed by atoms with van der Waals surface area (Å²) in [5.41, 5.74) is 0.560. The lowest BCUT2D eigenvalue weighted by molar-refractivity contribution is -0.156. The van der Waals surface area contributed by atoms with E-state index in [9.17, 15) is 43.5 Å². The van der Waals surface area contributed by atoms with Crippen LogP contribution in [0.25, 0.3) is 0 Å². The summed E-state index contributed by atoms with van der Waals surface area (Å²) in [6.45, 7) is 3.03. The number of Topliss-reactive ketones (excluding diaryl/α,β-unsaturated/α-hetero) is 1. The minimum atomic E-state index is -1.68. The Bertz CT molecular complexity index is 2120. The molecule has 4 N–H and O–H groups in total. The van der Waals surface area contributed by atoms with E-state index in [-0.39, 0.29) is 56.5 Å². The molecule has 60 heavy (non-hydrogen) atoms. The number of aromatic hydroxyl groups is 1. The summed E-state index contributed by atoms with van der Waals surface area (Å²) in [6, 6.07) is 11.7. The van der Waals surface area contributed by atoms with Crippen molar-refractivity contribution in [1.29, 1.82) is 0 Å². The molecule has 6 amide bonds. The lowest BCUT2D eigenvalue weighted by Crippen LogP contribution is -2.61. The van der Waals surface area contributed by atoms with E-state index in [1.807, 2.05) is 6.07 Å². The number of esters is 1. The third-order valence-corrected chi connectivity index (χ3v) is 11.2. The van der Waals surface area contributed by atoms with E-state index in [0.29, 0.717) is 6.42 Å². The molecule has 4 heterocycles. The van der Waals surface area contributed by atoms with Crippen molar-refractivity contribution in [3.8, 4) is 5.75 Å². The first-order valence-electron chi connectivity index (χ1n) is 20.0. The number of ketones is 1. The molecule has 3 aromatic rings. The first kappa shape index (κ1) is 42.9. The van der Waals surface area contributed by atoms with Crippen molar-refractivity contribution < 1.29 is 48.2 Å². The van der Waals surface area contributed by atoms with Gasteiger partial charge >= 0.3 is 5.97 Å². The summed E-state index contributed by atoms with van der Waals surface area (Å²) in [5.74, 6) is -6.30. The van der Waals surface area contributed by atoms with Crippen molar-refractivity contribution in [2.45, 2.75) is 94.7 Å². The number of fused-ring (bicyclic) bond motifs is 2. The average molecular weight is 824 g/mol. The summed E-state index contributed by atoms with van der Waals surface area (Å²) < 4.78 is 5.83. The molecule has 0 aliphatic carbocycles. The second-order valence-corrected chi connectivity index (χ2v) is 15.2. The van der Waals surface area contributed by atoms with Crippen molar-refractivity contribution in [3.05, 3.63) is 95.8 Å². The van der Waals surface area contributed by atoms with Crippen LogP contribution in [-0.4, -0.2) is 128 Å². The van der Waals surface area contributed by atoms with Gasteiger partial charge in [0.15, 0.2) is 11.7 Å². The SMILES string of the molecule is CC[C@H]1NC(=O)[C@@H](NC(=O)c2ncccc2O)[C@@H](C)OC(=O)[C@H](c2ccccc2)NC(=O)[C@@H]2CC(=O)CCN2C(=O)[C@@H](Cc2ccccc2)N(C)C(=O)[C@@H]2CCCN2C1=O. The molecule has 1 aromatic heterocycles. The van der Waals surface area contributed by atoms with Crippen LogP contribution in [0.4, 0.5) is 0 Å². The van der Waals surface area contributed by atoms with Crippen LogP contribution in [0.1, 0.15) is 73.6 Å². The maximum atomic E-state index is 14.8. The monoisotopic (exact) mass is 823 g/mol. The molecule has 6 rings (SSSR count). The molecule has 0 spiro atoms. The van der Waals surface area contributed by atoms with E-state index in [1.165, 1.54) is 47.0 Å². The van der Waals surface area contributed by atoms with E-state index >= 15 is 0 Å². The van der Waals surface area contributed by atoms with Crippen LogP contribution >= 0.6 is 0 Å². The van der Waals surface area contributed by atoms with Gasteiger partial charge in [0, 0.05) is 45.6 Å². The number of nitrogens with one attached hydrogen (secondary N) is 3. The molecule has 316 valence electrons. The fourth-order valence-corrected chi connectivity index (χ4v) is 7.88. The first-order chi connectivity index (χ1) is 28.8. The normalized spacial score (nSPS) is 26.1. The van der Waals surface area contributed by atoms with Crippen LogP contribution in [0, 0.1) is 0 Å². The number of amides is 6. The predicted octanol–water partition coefficient (Wildman–Crippen LogP) is 1.20. The maximum Gasteiger partial charge on any atom is 0.333 e. The number of hydrogen-bond acceptors (Lipinski definition) is 11. The molecule has 7 atom stereocenters. The number of carbonyl (C=O) groups is 8. The first-order valence-corrected chi connectivity index (χ1v) is 20.0. The van der Waals surface area contributed by atoms with Gasteiger partial charge in [-0.3, -0.25) is 33.6 Å². The fourth-order valence-electron chi connectivity index (χ4n) is 7.88. The highest BCUT2D eigenvalue weighted by atomic mass is 16.5. The quantitative estimate of drug-likeness (QED) is 0.259. The third-order valence-electron chi connectivity index (χ3n) is 11.2. The zero-order valence-corrected chi connectivity index (χ0v) is 33.6. The number of hydrogen-bond donors (Lipinski definition) is 4. The fraction of sp³-hybridized carbons (Fsp3) is 0.419. The molecule has 0 saturated carbocycles. The van der Waals surface area contributed by atoms with Gasteiger partial charge in [-0.05, 0) is 49.4 Å². The van der Waals surface area contributed by atoms with Gasteiger partial charge in [0.2, 0.25) is 29.5 Å². The van der Waals surface area contributed by atoms with Gasteiger partial charge in [0.1, 0.15) is 47.8 Å². The number of likely N-dealkylation sites (N-methyl/N-ethyl adjacent to an activating group) is 1. The highest BCUT2D eigenvalue weighted by Gasteiger charge is 2.45. The van der Waals surface area contributed by atoms with Gasteiger partial charge < -0.3 is 40.5 Å². The molecule has 2 aromatic carbocycles. The van der Waals surface area contributed by atoms with E-state index in [0.717, 1.165) is 5.56 Å². The Morgan fingerprint density at radius 2 is 1.53 bits per heavy atom. The molecule has 3 fully saturated rings. The van der Waals surface area contributed by atoms with Crippen LogP contribution < -0.4 is 16.0 Å². The lowest BCUT2D eigenvalue weighted by atomic mass is 9.95. The topological polar surface area (TPSA) is 225 Å². The minimum Gasteiger partial charge on any atom is -0.505 e. The molecule has 0 unspecified atom stereocenters. The lowest BCUT2D eigenvalue weighted by Gasteiger charge is -2.40. The summed E-state index contributed by atoms with van der Waals surface area (Å²) in [6.07, 6.45) is 0.235. The van der Waals surface area contributed by atoms with Gasteiger partial charge in [0.25, 0.3) is 5.91 Å². The van der Waals surface area contributed by atoms with Gasteiger partial charge in [-0.25, -0.2) is 9.78 Å². The highest BCUT2D eigenvalue weighted by molar-refractivity contribution is 6.01. The molecular formula is C43H49N7O10. The summed E-state index contributed by atoms with van der Waals surface area (Å²) in [7, 11) is 1.47. The van der Waals surface area contributed by atoms with E-state index in [4.69, 9.17) is 4.74 Å². The Morgan fingerprint density at radius 3 is 2.22 bits per heavy atom. The van der Waals surface area contributed by atoms with Crippen molar-refractivity contribution in [2.24, 2.45) is 0 Å². The zero-order chi connectivity index (χ0) is 43.1. The molecule has 17 heteroatoms. The third kappa shape index (κ3) is 9.45. The van der Waals surface area contributed by atoms with Gasteiger partial charge in [0.05, 0.1) is 0 Å². The number of cyclic esters (lactones) is 1. The Balaban J connectivity index is 1.43. The standard InChI is InChI=1S/C43H49N7O10/c1-4-29-40(56)49-21-12-17-30(49)41(57)48(3)32(23-26-13-7-5-8-14-26)42(58)50-22-19-28(51)24-31(50)37(53)47-35(27-15-9-6-10-16-27)43(59)60-25(2)34(38(54)45-29)46-39(55)36-33(52)18-11-20-44-36/h5-11,13-16,18,20,25,29-32,34-35,52H,4,12,17,19,21-24H2,1-3H3,(H,45,54)(H,46,55)(H,47,53)/t25-,29-,30+,31+,32-,34+,35+/m1/s1. The number of aromatic nitrogens is 1. The molecular weight excluding hydrogens is 775 g/mol. The van der Waals surface area contributed by atoms with E-state index in [1.54, 1.807) is 61.5 Å². The number of piperidine rings is 1. The number of ether oxygens (including phenoxy) is 1. The molecule has 3 saturated heterocycles. The van der Waals surface area contributed by atoms with E-state index < -0.39 is 95.2 Å². The number of carbonyl (C=O) groups excluding carboxylic acids is 8.